The van der Waals surface area contributed by atoms with E-state index in [9.17, 15) is 4.79 Å². The van der Waals surface area contributed by atoms with Crippen molar-refractivity contribution in [1.29, 1.82) is 0 Å². The molecule has 2 aliphatic heterocycles. The average Bonchev–Trinajstić information content (AvgIpc) is 3.20. The van der Waals surface area contributed by atoms with E-state index in [1.807, 2.05) is 0 Å². The van der Waals surface area contributed by atoms with Gasteiger partial charge in [0.2, 0.25) is 0 Å². The lowest BCUT2D eigenvalue weighted by atomic mass is 9.76. The Hall–Kier alpha value is -0.520. The zero-order chi connectivity index (χ0) is 18.8. The number of carboxylic acid groups (broad SMARTS) is 1. The first-order chi connectivity index (χ1) is 12.6. The third-order valence-electron chi connectivity index (χ3n) is 5.80. The first-order valence-corrected chi connectivity index (χ1v) is 11.4. The number of carbonyl (C=O) groups is 1. The lowest BCUT2D eigenvalue weighted by Gasteiger charge is -2.27. The number of aliphatic hydroxyl groups is 1. The predicted octanol–water partition coefficient (Wildman–Crippen LogP) is 4.66. The Morgan fingerprint density at radius 1 is 1.19 bits per heavy atom. The third kappa shape index (κ3) is 7.24. The zero-order valence-corrected chi connectivity index (χ0v) is 17.0. The molecule has 2 N–H and O–H groups in total. The number of aliphatic hydroxyl groups excluding tert-OH is 1. The highest BCUT2D eigenvalue weighted by Crippen LogP contribution is 2.47. The molecule has 2 heterocycles. The van der Waals surface area contributed by atoms with Crippen molar-refractivity contribution in [1.82, 2.24) is 0 Å². The lowest BCUT2D eigenvalue weighted by Crippen LogP contribution is -2.27. The van der Waals surface area contributed by atoms with Crippen LogP contribution in [0.25, 0.3) is 0 Å². The number of thioether (sulfide) groups is 1. The molecule has 0 saturated carbocycles. The lowest BCUT2D eigenvalue weighted by molar-refractivity contribution is -0.137. The number of fused-ring (bicyclic) bond motifs is 2. The second kappa shape index (κ2) is 12.0. The van der Waals surface area contributed by atoms with E-state index in [2.05, 4.69) is 30.8 Å². The van der Waals surface area contributed by atoms with Gasteiger partial charge in [0.05, 0.1) is 12.2 Å². The Morgan fingerprint density at radius 2 is 1.96 bits per heavy atom. The highest BCUT2D eigenvalue weighted by Gasteiger charge is 2.47. The Kier molecular flexibility index (Phi) is 10.1. The van der Waals surface area contributed by atoms with E-state index < -0.39 is 5.97 Å². The molecule has 0 radical (unpaired) electrons. The molecule has 0 aromatic rings. The number of carboxylic acids is 1. The van der Waals surface area contributed by atoms with Crippen LogP contribution in [0, 0.1) is 11.8 Å². The summed E-state index contributed by atoms with van der Waals surface area (Å²) in [5.41, 5.74) is 0. The number of hydrogen-bond donors (Lipinski definition) is 2. The summed E-state index contributed by atoms with van der Waals surface area (Å²) in [6.45, 7) is 2.61. The minimum atomic E-state index is -0.706. The molecule has 2 aliphatic rings. The molecular weight excluding hydrogens is 348 g/mol. The molecule has 2 saturated heterocycles. The van der Waals surface area contributed by atoms with Crippen molar-refractivity contribution in [3.05, 3.63) is 12.2 Å². The maximum absolute atomic E-state index is 10.5. The van der Waals surface area contributed by atoms with Gasteiger partial charge in [-0.05, 0) is 69.0 Å². The molecule has 2 fully saturated rings. The number of unbranched alkanes of at least 4 members (excludes halogenated alkanes) is 2. The number of rotatable bonds is 14. The maximum atomic E-state index is 10.5. The van der Waals surface area contributed by atoms with Gasteiger partial charge in [0.15, 0.2) is 0 Å². The second-order valence-electron chi connectivity index (χ2n) is 7.80. The van der Waals surface area contributed by atoms with Gasteiger partial charge in [-0.3, -0.25) is 4.79 Å². The molecule has 2 rings (SSSR count). The maximum Gasteiger partial charge on any atom is 0.303 e. The molecule has 5 heteroatoms. The largest absolute Gasteiger partial charge is 0.481 e. The van der Waals surface area contributed by atoms with E-state index in [1.165, 1.54) is 31.4 Å². The summed E-state index contributed by atoms with van der Waals surface area (Å²) < 4.78 is 6.20. The number of aliphatic carboxylic acids is 1. The molecule has 1 unspecified atom stereocenters. The third-order valence-corrected chi connectivity index (χ3v) is 7.08. The van der Waals surface area contributed by atoms with Crippen molar-refractivity contribution in [2.24, 2.45) is 11.8 Å². The summed E-state index contributed by atoms with van der Waals surface area (Å²) in [6, 6.07) is 0. The molecule has 150 valence electrons. The molecule has 0 aliphatic carbocycles. The molecule has 0 amide bonds. The number of ether oxygens (including phenoxy) is 1. The summed E-state index contributed by atoms with van der Waals surface area (Å²) in [7, 11) is 0. The minimum absolute atomic E-state index is 0.262. The molecule has 4 nitrogen and oxygen atoms in total. The fraction of sp³-hybridized carbons (Fsp3) is 0.857. The van der Waals surface area contributed by atoms with E-state index in [4.69, 9.17) is 14.9 Å². The smallest absolute Gasteiger partial charge is 0.303 e. The zero-order valence-electron chi connectivity index (χ0n) is 16.1. The summed E-state index contributed by atoms with van der Waals surface area (Å²) in [5, 5.41) is 18.2. The second-order valence-corrected chi connectivity index (χ2v) is 9.35. The van der Waals surface area contributed by atoms with Crippen LogP contribution < -0.4 is 0 Å². The minimum Gasteiger partial charge on any atom is -0.481 e. The van der Waals surface area contributed by atoms with Crippen molar-refractivity contribution in [2.45, 2.75) is 88.6 Å². The number of allylic oxidation sites excluding steroid dienone is 2. The molecule has 2 bridgehead atoms. The highest BCUT2D eigenvalue weighted by atomic mass is 32.2. The first-order valence-electron chi connectivity index (χ1n) is 10.4. The van der Waals surface area contributed by atoms with Crippen molar-refractivity contribution in [2.75, 3.05) is 12.4 Å². The van der Waals surface area contributed by atoms with Crippen molar-refractivity contribution < 1.29 is 19.7 Å². The van der Waals surface area contributed by atoms with Crippen LogP contribution in [0.1, 0.15) is 71.1 Å². The standard InChI is InChI=1S/C21H36O4S/c1-16(8-6-7-14-22)26-15-13-18-17(19-11-12-20(18)25-19)9-4-2-3-5-10-21(23)24/h2,4,16-20,22H,3,5-15H2,1H3,(H,23,24)/b4-2-/t16?,17-,18-,19-,20+/m1/s1. The SMILES string of the molecule is CC(CCCCO)SCC[C@@H]1[C@@H](C/C=C\CCCC(=O)O)[C@H]2CC[C@@H]1O2. The van der Waals surface area contributed by atoms with Crippen LogP contribution >= 0.6 is 11.8 Å². The summed E-state index contributed by atoms with van der Waals surface area (Å²) in [4.78, 5) is 10.5. The summed E-state index contributed by atoms with van der Waals surface area (Å²) in [6.07, 6.45) is 15.2. The van der Waals surface area contributed by atoms with Crippen LogP contribution in [0.4, 0.5) is 0 Å². The van der Waals surface area contributed by atoms with Crippen molar-refractivity contribution >= 4 is 17.7 Å². The van der Waals surface area contributed by atoms with Crippen LogP contribution in [0.2, 0.25) is 0 Å². The number of hydrogen-bond acceptors (Lipinski definition) is 4. The van der Waals surface area contributed by atoms with Gasteiger partial charge < -0.3 is 14.9 Å². The van der Waals surface area contributed by atoms with Gasteiger partial charge in [-0.25, -0.2) is 0 Å². The molecule has 0 spiro atoms. The van der Waals surface area contributed by atoms with Gasteiger partial charge in [-0.15, -0.1) is 0 Å². The molecular formula is C21H36O4S. The summed E-state index contributed by atoms with van der Waals surface area (Å²) >= 11 is 2.07. The van der Waals surface area contributed by atoms with Gasteiger partial charge in [0.25, 0.3) is 0 Å². The predicted molar refractivity (Wildman–Crippen MR) is 108 cm³/mol. The average molecular weight is 385 g/mol. The highest BCUT2D eigenvalue weighted by molar-refractivity contribution is 7.99. The summed E-state index contributed by atoms with van der Waals surface area (Å²) in [5.74, 6) is 1.84. The first kappa shape index (κ1) is 21.8. The van der Waals surface area contributed by atoms with Gasteiger partial charge >= 0.3 is 5.97 Å². The van der Waals surface area contributed by atoms with E-state index in [-0.39, 0.29) is 6.42 Å². The molecule has 26 heavy (non-hydrogen) atoms. The van der Waals surface area contributed by atoms with Crippen LogP contribution in [-0.4, -0.2) is 46.0 Å². The van der Waals surface area contributed by atoms with E-state index >= 15 is 0 Å². The fourth-order valence-electron chi connectivity index (χ4n) is 4.37. The quantitative estimate of drug-likeness (QED) is 0.337. The topological polar surface area (TPSA) is 66.8 Å². The Labute approximate surface area is 162 Å². The fourth-order valence-corrected chi connectivity index (χ4v) is 5.52. The van der Waals surface area contributed by atoms with Gasteiger partial charge in [-0.1, -0.05) is 25.5 Å². The van der Waals surface area contributed by atoms with Gasteiger partial charge in [0.1, 0.15) is 0 Å². The van der Waals surface area contributed by atoms with E-state index in [0.29, 0.717) is 35.9 Å². The van der Waals surface area contributed by atoms with Gasteiger partial charge in [-0.2, -0.15) is 11.8 Å². The molecule has 5 atom stereocenters. The van der Waals surface area contributed by atoms with Gasteiger partial charge in [0, 0.05) is 18.3 Å². The van der Waals surface area contributed by atoms with Crippen LogP contribution in [0.15, 0.2) is 12.2 Å². The van der Waals surface area contributed by atoms with Crippen molar-refractivity contribution in [3.8, 4) is 0 Å². The van der Waals surface area contributed by atoms with E-state index in [1.54, 1.807) is 0 Å². The van der Waals surface area contributed by atoms with Crippen LogP contribution in [0.5, 0.6) is 0 Å². The normalized spacial score (nSPS) is 28.8. The van der Waals surface area contributed by atoms with Crippen LogP contribution in [-0.2, 0) is 9.53 Å². The monoisotopic (exact) mass is 384 g/mol. The molecule has 0 aromatic heterocycles. The Bertz CT molecular complexity index is 440. The van der Waals surface area contributed by atoms with Crippen molar-refractivity contribution in [3.63, 3.8) is 0 Å². The Balaban J connectivity index is 1.67. The van der Waals surface area contributed by atoms with Crippen LogP contribution in [0.3, 0.4) is 0 Å². The molecule has 0 aromatic carbocycles. The van der Waals surface area contributed by atoms with E-state index in [0.717, 1.165) is 32.1 Å². The Morgan fingerprint density at radius 3 is 2.69 bits per heavy atom.